The van der Waals surface area contributed by atoms with E-state index in [0.29, 0.717) is 26.2 Å². The molecule has 5 heteroatoms. The van der Waals surface area contributed by atoms with Crippen LogP contribution in [0.2, 0.25) is 5.02 Å². The summed E-state index contributed by atoms with van der Waals surface area (Å²) < 4.78 is 4.87. The zero-order valence-electron chi connectivity index (χ0n) is 10.5. The van der Waals surface area contributed by atoms with Gasteiger partial charge in [-0.15, -0.1) is 0 Å². The zero-order chi connectivity index (χ0) is 13.2. The van der Waals surface area contributed by atoms with Gasteiger partial charge in [0, 0.05) is 25.2 Å². The smallest absolute Gasteiger partial charge is 0.233 e. The average molecular weight is 271 g/mol. The summed E-state index contributed by atoms with van der Waals surface area (Å²) in [6.45, 7) is 2.22. The number of rotatable bonds is 8. The molecule has 2 N–H and O–H groups in total. The molecule has 1 rings (SSSR count). The van der Waals surface area contributed by atoms with Gasteiger partial charge in [0.25, 0.3) is 0 Å². The van der Waals surface area contributed by atoms with E-state index in [1.54, 1.807) is 7.11 Å². The molecule has 0 saturated carbocycles. The van der Waals surface area contributed by atoms with E-state index in [9.17, 15) is 4.79 Å². The summed E-state index contributed by atoms with van der Waals surface area (Å²) in [5.74, 6) is -0.00636. The van der Waals surface area contributed by atoms with Gasteiger partial charge in [0.15, 0.2) is 0 Å². The number of halogens is 1. The molecule has 18 heavy (non-hydrogen) atoms. The first-order valence-electron chi connectivity index (χ1n) is 5.93. The molecule has 0 saturated heterocycles. The van der Waals surface area contributed by atoms with Crippen LogP contribution in [0.5, 0.6) is 0 Å². The molecule has 0 spiro atoms. The first-order valence-corrected chi connectivity index (χ1v) is 6.31. The molecule has 0 atom stereocenters. The van der Waals surface area contributed by atoms with Crippen molar-refractivity contribution in [2.45, 2.75) is 6.42 Å². The largest absolute Gasteiger partial charge is 0.383 e. The van der Waals surface area contributed by atoms with Crippen LogP contribution in [0.3, 0.4) is 0 Å². The molecule has 0 aromatic heterocycles. The number of hydrogen-bond acceptors (Lipinski definition) is 3. The Morgan fingerprint density at radius 3 is 2.94 bits per heavy atom. The molecule has 0 aliphatic rings. The van der Waals surface area contributed by atoms with E-state index < -0.39 is 0 Å². The summed E-state index contributed by atoms with van der Waals surface area (Å²) in [4.78, 5) is 11.4. The van der Waals surface area contributed by atoms with Crippen LogP contribution >= 0.6 is 11.6 Å². The first-order chi connectivity index (χ1) is 8.72. The van der Waals surface area contributed by atoms with Gasteiger partial charge < -0.3 is 15.4 Å². The van der Waals surface area contributed by atoms with Gasteiger partial charge in [-0.3, -0.25) is 4.79 Å². The van der Waals surface area contributed by atoms with Gasteiger partial charge >= 0.3 is 0 Å². The summed E-state index contributed by atoms with van der Waals surface area (Å²) in [7, 11) is 1.63. The summed E-state index contributed by atoms with van der Waals surface area (Å²) in [6.07, 6.45) is 0.782. The van der Waals surface area contributed by atoms with Gasteiger partial charge in [0.2, 0.25) is 5.91 Å². The summed E-state index contributed by atoms with van der Waals surface area (Å²) >= 11 is 5.88. The number of amides is 1. The molecule has 1 amide bonds. The molecule has 0 aliphatic heterocycles. The van der Waals surface area contributed by atoms with Crippen molar-refractivity contribution in [1.82, 2.24) is 10.6 Å². The van der Waals surface area contributed by atoms with E-state index in [1.807, 2.05) is 24.3 Å². The molecule has 1 aromatic carbocycles. The molecular weight excluding hydrogens is 252 g/mol. The van der Waals surface area contributed by atoms with Gasteiger partial charge in [-0.1, -0.05) is 23.7 Å². The molecule has 1 aromatic rings. The lowest BCUT2D eigenvalue weighted by atomic mass is 10.1. The maximum absolute atomic E-state index is 11.4. The van der Waals surface area contributed by atoms with E-state index in [2.05, 4.69) is 10.6 Å². The second-order valence-corrected chi connectivity index (χ2v) is 4.34. The first kappa shape index (κ1) is 15.0. The zero-order valence-corrected chi connectivity index (χ0v) is 11.3. The summed E-state index contributed by atoms with van der Waals surface area (Å²) in [6, 6.07) is 7.65. The maximum Gasteiger partial charge on any atom is 0.233 e. The standard InChI is InChI=1S/C13H19ClN2O2/c1-18-8-7-15-10-13(17)16-6-5-11-3-2-4-12(14)9-11/h2-4,9,15H,5-8,10H2,1H3,(H,16,17). The third-order valence-electron chi connectivity index (χ3n) is 2.39. The van der Waals surface area contributed by atoms with Crippen molar-refractivity contribution in [2.24, 2.45) is 0 Å². The Morgan fingerprint density at radius 1 is 1.39 bits per heavy atom. The number of ether oxygens (including phenoxy) is 1. The Bertz CT molecular complexity index is 372. The van der Waals surface area contributed by atoms with Crippen molar-refractivity contribution in [3.05, 3.63) is 34.9 Å². The van der Waals surface area contributed by atoms with Gasteiger partial charge in [0.1, 0.15) is 0 Å². The fourth-order valence-corrected chi connectivity index (χ4v) is 1.69. The molecule has 0 radical (unpaired) electrons. The minimum Gasteiger partial charge on any atom is -0.383 e. The number of carbonyl (C=O) groups excluding carboxylic acids is 1. The van der Waals surface area contributed by atoms with Crippen LogP contribution in [0.25, 0.3) is 0 Å². The minimum absolute atomic E-state index is 0.00636. The molecule has 0 unspecified atom stereocenters. The van der Waals surface area contributed by atoms with E-state index >= 15 is 0 Å². The van der Waals surface area contributed by atoms with Crippen molar-refractivity contribution in [3.63, 3.8) is 0 Å². The molecule has 0 heterocycles. The Labute approximate surface area is 113 Å². The molecule has 0 fully saturated rings. The van der Waals surface area contributed by atoms with Crippen LogP contribution in [0.4, 0.5) is 0 Å². The van der Waals surface area contributed by atoms with Crippen molar-refractivity contribution >= 4 is 17.5 Å². The Balaban J connectivity index is 2.12. The topological polar surface area (TPSA) is 50.4 Å². The molecular formula is C13H19ClN2O2. The Kier molecular flexibility index (Phi) is 7.41. The third kappa shape index (κ3) is 6.59. The second-order valence-electron chi connectivity index (χ2n) is 3.90. The van der Waals surface area contributed by atoms with Crippen LogP contribution in [0.15, 0.2) is 24.3 Å². The number of carbonyl (C=O) groups is 1. The van der Waals surface area contributed by atoms with Gasteiger partial charge in [0.05, 0.1) is 13.2 Å². The lowest BCUT2D eigenvalue weighted by Crippen LogP contribution is -2.36. The van der Waals surface area contributed by atoms with Gasteiger partial charge in [-0.05, 0) is 24.1 Å². The van der Waals surface area contributed by atoms with E-state index in [1.165, 1.54) is 0 Å². The molecule has 0 aliphatic carbocycles. The van der Waals surface area contributed by atoms with Crippen LogP contribution in [-0.4, -0.2) is 39.3 Å². The van der Waals surface area contributed by atoms with Gasteiger partial charge in [-0.2, -0.15) is 0 Å². The lowest BCUT2D eigenvalue weighted by molar-refractivity contribution is -0.120. The normalized spacial score (nSPS) is 10.3. The fraction of sp³-hybridized carbons (Fsp3) is 0.462. The van der Waals surface area contributed by atoms with Gasteiger partial charge in [-0.25, -0.2) is 0 Å². The highest BCUT2D eigenvalue weighted by Crippen LogP contribution is 2.10. The lowest BCUT2D eigenvalue weighted by Gasteiger charge is -2.06. The van der Waals surface area contributed by atoms with Crippen molar-refractivity contribution < 1.29 is 9.53 Å². The van der Waals surface area contributed by atoms with Crippen LogP contribution in [0, 0.1) is 0 Å². The van der Waals surface area contributed by atoms with E-state index in [-0.39, 0.29) is 5.91 Å². The highest BCUT2D eigenvalue weighted by Gasteiger charge is 2.00. The molecule has 4 nitrogen and oxygen atoms in total. The number of benzene rings is 1. The Morgan fingerprint density at radius 2 is 2.22 bits per heavy atom. The van der Waals surface area contributed by atoms with Crippen LogP contribution in [-0.2, 0) is 16.0 Å². The SMILES string of the molecule is COCCNCC(=O)NCCc1cccc(Cl)c1. The molecule has 0 bridgehead atoms. The number of nitrogens with one attached hydrogen (secondary N) is 2. The number of hydrogen-bond donors (Lipinski definition) is 2. The summed E-state index contributed by atoms with van der Waals surface area (Å²) in [5, 5.41) is 6.55. The predicted molar refractivity (Wildman–Crippen MR) is 72.9 cm³/mol. The number of methoxy groups -OCH3 is 1. The average Bonchev–Trinajstić information content (AvgIpc) is 2.35. The summed E-state index contributed by atoms with van der Waals surface area (Å²) in [5.41, 5.74) is 1.12. The van der Waals surface area contributed by atoms with Crippen molar-refractivity contribution in [1.29, 1.82) is 0 Å². The minimum atomic E-state index is -0.00636. The van der Waals surface area contributed by atoms with Crippen molar-refractivity contribution in [2.75, 3.05) is 33.4 Å². The van der Waals surface area contributed by atoms with Crippen LogP contribution < -0.4 is 10.6 Å². The van der Waals surface area contributed by atoms with Crippen molar-refractivity contribution in [3.8, 4) is 0 Å². The fourth-order valence-electron chi connectivity index (χ4n) is 1.48. The van der Waals surface area contributed by atoms with Crippen LogP contribution in [0.1, 0.15) is 5.56 Å². The maximum atomic E-state index is 11.4. The quantitative estimate of drug-likeness (QED) is 0.699. The predicted octanol–water partition coefficient (Wildman–Crippen LogP) is 1.23. The van der Waals surface area contributed by atoms with E-state index in [4.69, 9.17) is 16.3 Å². The third-order valence-corrected chi connectivity index (χ3v) is 2.63. The van der Waals surface area contributed by atoms with E-state index in [0.717, 1.165) is 17.0 Å². The molecule has 100 valence electrons. The second kappa shape index (κ2) is 8.91. The monoisotopic (exact) mass is 270 g/mol. The highest BCUT2D eigenvalue weighted by molar-refractivity contribution is 6.30. The highest BCUT2D eigenvalue weighted by atomic mass is 35.5. The Hall–Kier alpha value is -1.10.